The Morgan fingerprint density at radius 2 is 1.96 bits per heavy atom. The maximum absolute atomic E-state index is 12.4. The SMILES string of the molecule is COc1ccc(NC(=O)CSc2nc3c(C)cccc3cc2C#N)cc1OC. The quantitative estimate of drug-likeness (QED) is 0.633. The zero-order valence-corrected chi connectivity index (χ0v) is 16.6. The number of rotatable bonds is 6. The van der Waals surface area contributed by atoms with Crippen LogP contribution in [0.5, 0.6) is 11.5 Å². The number of hydrogen-bond donors (Lipinski definition) is 1. The van der Waals surface area contributed by atoms with Gasteiger partial charge in [0.15, 0.2) is 11.5 Å². The number of nitrogens with zero attached hydrogens (tertiary/aromatic N) is 2. The number of fused-ring (bicyclic) bond motifs is 1. The molecule has 142 valence electrons. The highest BCUT2D eigenvalue weighted by Crippen LogP contribution is 2.30. The summed E-state index contributed by atoms with van der Waals surface area (Å²) in [6.07, 6.45) is 0. The molecule has 0 saturated heterocycles. The van der Waals surface area contributed by atoms with Gasteiger partial charge in [-0.05, 0) is 30.7 Å². The molecule has 3 rings (SSSR count). The minimum absolute atomic E-state index is 0.132. The zero-order chi connectivity index (χ0) is 20.1. The van der Waals surface area contributed by atoms with E-state index in [0.29, 0.717) is 27.8 Å². The Morgan fingerprint density at radius 1 is 1.18 bits per heavy atom. The molecule has 3 aromatic rings. The van der Waals surface area contributed by atoms with Crippen molar-refractivity contribution in [3.05, 3.63) is 53.6 Å². The Balaban J connectivity index is 1.74. The number of hydrogen-bond acceptors (Lipinski definition) is 6. The van der Waals surface area contributed by atoms with E-state index in [2.05, 4.69) is 16.4 Å². The van der Waals surface area contributed by atoms with Crippen LogP contribution in [-0.4, -0.2) is 30.9 Å². The lowest BCUT2D eigenvalue weighted by Gasteiger charge is -2.11. The Labute approximate surface area is 167 Å². The number of benzene rings is 2. The number of para-hydroxylation sites is 1. The van der Waals surface area contributed by atoms with Crippen LogP contribution in [0.4, 0.5) is 5.69 Å². The first-order valence-electron chi connectivity index (χ1n) is 8.51. The van der Waals surface area contributed by atoms with Gasteiger partial charge >= 0.3 is 0 Å². The van der Waals surface area contributed by atoms with E-state index in [0.717, 1.165) is 16.5 Å². The van der Waals surface area contributed by atoms with Gasteiger partial charge in [-0.2, -0.15) is 5.26 Å². The summed E-state index contributed by atoms with van der Waals surface area (Å²) in [6.45, 7) is 1.97. The highest BCUT2D eigenvalue weighted by atomic mass is 32.2. The van der Waals surface area contributed by atoms with Crippen LogP contribution in [0.25, 0.3) is 10.9 Å². The summed E-state index contributed by atoms with van der Waals surface area (Å²) in [5.74, 6) is 1.05. The van der Waals surface area contributed by atoms with E-state index >= 15 is 0 Å². The molecule has 0 radical (unpaired) electrons. The number of carbonyl (C=O) groups is 1. The van der Waals surface area contributed by atoms with Gasteiger partial charge in [0, 0.05) is 17.1 Å². The number of aromatic nitrogens is 1. The third kappa shape index (κ3) is 4.18. The molecular weight excluding hydrogens is 374 g/mol. The lowest BCUT2D eigenvalue weighted by Crippen LogP contribution is -2.14. The normalized spacial score (nSPS) is 10.4. The van der Waals surface area contributed by atoms with E-state index < -0.39 is 0 Å². The molecule has 0 aliphatic heterocycles. The molecule has 1 heterocycles. The molecule has 0 bridgehead atoms. The fourth-order valence-electron chi connectivity index (χ4n) is 2.76. The van der Waals surface area contributed by atoms with Crippen LogP contribution >= 0.6 is 11.8 Å². The smallest absolute Gasteiger partial charge is 0.234 e. The Hall–Kier alpha value is -3.24. The van der Waals surface area contributed by atoms with E-state index in [1.165, 1.54) is 18.9 Å². The summed E-state index contributed by atoms with van der Waals surface area (Å²) in [6, 6.07) is 15.0. The van der Waals surface area contributed by atoms with Crippen molar-refractivity contribution in [2.45, 2.75) is 11.9 Å². The standard InChI is InChI=1S/C21H19N3O3S/c1-13-5-4-6-14-9-15(11-22)21(24-20(13)14)28-12-19(25)23-16-7-8-17(26-2)18(10-16)27-3/h4-10H,12H2,1-3H3,(H,23,25). The first-order chi connectivity index (χ1) is 13.5. The average molecular weight is 393 g/mol. The summed E-state index contributed by atoms with van der Waals surface area (Å²) < 4.78 is 10.4. The van der Waals surface area contributed by atoms with E-state index in [4.69, 9.17) is 9.47 Å². The van der Waals surface area contributed by atoms with Gasteiger partial charge < -0.3 is 14.8 Å². The largest absolute Gasteiger partial charge is 0.493 e. The molecule has 0 aliphatic rings. The predicted molar refractivity (Wildman–Crippen MR) is 110 cm³/mol. The number of aryl methyl sites for hydroxylation is 1. The number of nitrogens with one attached hydrogen (secondary N) is 1. The fraction of sp³-hybridized carbons (Fsp3) is 0.190. The topological polar surface area (TPSA) is 84.2 Å². The van der Waals surface area contributed by atoms with Crippen molar-refractivity contribution in [3.63, 3.8) is 0 Å². The number of methoxy groups -OCH3 is 2. The summed E-state index contributed by atoms with van der Waals surface area (Å²) >= 11 is 1.24. The second-order valence-corrected chi connectivity index (χ2v) is 6.97. The highest BCUT2D eigenvalue weighted by Gasteiger charge is 2.12. The van der Waals surface area contributed by atoms with Crippen molar-refractivity contribution in [2.75, 3.05) is 25.3 Å². The van der Waals surface area contributed by atoms with Crippen molar-refractivity contribution < 1.29 is 14.3 Å². The Morgan fingerprint density at radius 3 is 2.68 bits per heavy atom. The summed E-state index contributed by atoms with van der Waals surface area (Å²) in [7, 11) is 3.09. The molecule has 0 spiro atoms. The maximum Gasteiger partial charge on any atom is 0.234 e. The maximum atomic E-state index is 12.4. The van der Waals surface area contributed by atoms with E-state index in [-0.39, 0.29) is 11.7 Å². The predicted octanol–water partition coefficient (Wildman–Crippen LogP) is 4.16. The second-order valence-electron chi connectivity index (χ2n) is 6.01. The van der Waals surface area contributed by atoms with Crippen LogP contribution in [0.3, 0.4) is 0 Å². The van der Waals surface area contributed by atoms with Gasteiger partial charge in [0.05, 0.1) is 31.1 Å². The summed E-state index contributed by atoms with van der Waals surface area (Å²) in [5.41, 5.74) is 2.93. The third-order valence-corrected chi connectivity index (χ3v) is 5.13. The minimum Gasteiger partial charge on any atom is -0.493 e. The molecule has 2 aromatic carbocycles. The van der Waals surface area contributed by atoms with Gasteiger partial charge in [0.2, 0.25) is 5.91 Å². The lowest BCUT2D eigenvalue weighted by molar-refractivity contribution is -0.113. The van der Waals surface area contributed by atoms with Crippen molar-refractivity contribution in [3.8, 4) is 17.6 Å². The number of carbonyl (C=O) groups excluding carboxylic acids is 1. The molecule has 28 heavy (non-hydrogen) atoms. The first-order valence-corrected chi connectivity index (χ1v) is 9.49. The molecule has 0 atom stereocenters. The van der Waals surface area contributed by atoms with Gasteiger partial charge in [0.1, 0.15) is 11.1 Å². The van der Waals surface area contributed by atoms with Crippen LogP contribution < -0.4 is 14.8 Å². The van der Waals surface area contributed by atoms with Crippen molar-refractivity contribution in [2.24, 2.45) is 0 Å². The van der Waals surface area contributed by atoms with Gasteiger partial charge in [-0.1, -0.05) is 30.0 Å². The summed E-state index contributed by atoms with van der Waals surface area (Å²) in [5, 5.41) is 13.7. The fourth-order valence-corrected chi connectivity index (χ4v) is 3.52. The van der Waals surface area contributed by atoms with Crippen LogP contribution in [-0.2, 0) is 4.79 Å². The number of pyridine rings is 1. The van der Waals surface area contributed by atoms with Crippen molar-refractivity contribution in [1.29, 1.82) is 5.26 Å². The lowest BCUT2D eigenvalue weighted by atomic mass is 10.1. The molecule has 1 aromatic heterocycles. The Kier molecular flexibility index (Phi) is 6.02. The molecule has 0 saturated carbocycles. The van der Waals surface area contributed by atoms with E-state index in [1.807, 2.05) is 31.2 Å². The van der Waals surface area contributed by atoms with Crippen LogP contribution in [0.1, 0.15) is 11.1 Å². The molecule has 6 nitrogen and oxygen atoms in total. The Bertz CT molecular complexity index is 1080. The molecular formula is C21H19N3O3S. The highest BCUT2D eigenvalue weighted by molar-refractivity contribution is 8.00. The molecule has 0 unspecified atom stereocenters. The van der Waals surface area contributed by atoms with Crippen molar-refractivity contribution in [1.82, 2.24) is 4.98 Å². The second kappa shape index (κ2) is 8.63. The molecule has 0 fully saturated rings. The zero-order valence-electron chi connectivity index (χ0n) is 15.8. The summed E-state index contributed by atoms with van der Waals surface area (Å²) in [4.78, 5) is 17.0. The van der Waals surface area contributed by atoms with Gasteiger partial charge in [-0.15, -0.1) is 0 Å². The van der Waals surface area contributed by atoms with Gasteiger partial charge in [0.25, 0.3) is 0 Å². The molecule has 7 heteroatoms. The molecule has 1 amide bonds. The molecule has 1 N–H and O–H groups in total. The number of anilines is 1. The van der Waals surface area contributed by atoms with Crippen LogP contribution in [0, 0.1) is 18.3 Å². The monoisotopic (exact) mass is 393 g/mol. The van der Waals surface area contributed by atoms with Crippen LogP contribution in [0.15, 0.2) is 47.5 Å². The van der Waals surface area contributed by atoms with Crippen LogP contribution in [0.2, 0.25) is 0 Å². The average Bonchev–Trinajstić information content (AvgIpc) is 2.71. The number of thioether (sulfide) groups is 1. The molecule has 0 aliphatic carbocycles. The van der Waals surface area contributed by atoms with E-state index in [1.54, 1.807) is 25.3 Å². The first kappa shape index (κ1) is 19.5. The number of ether oxygens (including phenoxy) is 2. The third-order valence-electron chi connectivity index (χ3n) is 4.14. The number of nitriles is 1. The number of amides is 1. The van der Waals surface area contributed by atoms with Crippen molar-refractivity contribution >= 4 is 34.3 Å². The minimum atomic E-state index is -0.201. The van der Waals surface area contributed by atoms with Gasteiger partial charge in [-0.25, -0.2) is 4.98 Å². The van der Waals surface area contributed by atoms with E-state index in [9.17, 15) is 10.1 Å². The van der Waals surface area contributed by atoms with Gasteiger partial charge in [-0.3, -0.25) is 4.79 Å².